The highest BCUT2D eigenvalue weighted by atomic mass is 35.5. The van der Waals surface area contributed by atoms with Gasteiger partial charge < -0.3 is 25.8 Å². The van der Waals surface area contributed by atoms with E-state index in [-0.39, 0.29) is 0 Å². The van der Waals surface area contributed by atoms with E-state index < -0.39 is 0 Å². The lowest BCUT2D eigenvalue weighted by Crippen LogP contribution is -2.15. The maximum atomic E-state index is 6.19. The lowest BCUT2D eigenvalue weighted by molar-refractivity contribution is 0.171. The Labute approximate surface area is 154 Å². The van der Waals surface area contributed by atoms with Gasteiger partial charge in [0, 0.05) is 18.0 Å². The second kappa shape index (κ2) is 6.93. The zero-order valence-corrected chi connectivity index (χ0v) is 14.3. The van der Waals surface area contributed by atoms with Crippen molar-refractivity contribution in [1.29, 1.82) is 0 Å². The van der Waals surface area contributed by atoms with Gasteiger partial charge in [0.15, 0.2) is 23.1 Å². The van der Waals surface area contributed by atoms with Gasteiger partial charge in [-0.2, -0.15) is 0 Å². The number of hydrogen-bond donors (Lipinski definition) is 3. The van der Waals surface area contributed by atoms with Crippen LogP contribution in [0.3, 0.4) is 0 Å². The van der Waals surface area contributed by atoms with Gasteiger partial charge in [0.1, 0.15) is 31.0 Å². The quantitative estimate of drug-likeness (QED) is 0.641. The third kappa shape index (κ3) is 3.40. The Morgan fingerprint density at radius 1 is 0.923 bits per heavy atom. The first-order valence-electron chi connectivity index (χ1n) is 7.85. The molecular weight excluding hydrogens is 356 g/mol. The lowest BCUT2D eigenvalue weighted by atomic mass is 10.2. The average Bonchev–Trinajstić information content (AvgIpc) is 2.67. The smallest absolute Gasteiger partial charge is 0.163 e. The number of rotatable bonds is 4. The molecule has 0 fully saturated rings. The summed E-state index contributed by atoms with van der Waals surface area (Å²) in [4.78, 5) is 12.5. The number of nitrogens with one attached hydrogen (secondary N) is 2. The first-order valence-corrected chi connectivity index (χ1v) is 8.22. The average molecular weight is 371 g/mol. The second-order valence-electron chi connectivity index (χ2n) is 5.45. The molecule has 0 bridgehead atoms. The van der Waals surface area contributed by atoms with E-state index in [1.165, 1.54) is 12.5 Å². The zero-order chi connectivity index (χ0) is 17.9. The van der Waals surface area contributed by atoms with E-state index in [1.807, 2.05) is 18.2 Å². The van der Waals surface area contributed by atoms with Crippen molar-refractivity contribution in [3.63, 3.8) is 0 Å². The van der Waals surface area contributed by atoms with Gasteiger partial charge in [-0.3, -0.25) is 0 Å². The molecule has 3 heterocycles. The normalized spacial score (nSPS) is 12.5. The standard InChI is InChI=1S/C17H15ClN6O2/c18-10-1-4-14(20-8-10)24-17-15(19)16(21-9-22-17)23-11-2-3-12-13(7-11)26-6-5-25-12/h1-4,7-9H,5-6,19H2,(H2,20,21,22,23,24). The minimum atomic E-state index is 0.360. The summed E-state index contributed by atoms with van der Waals surface area (Å²) in [6.45, 7) is 1.07. The number of ether oxygens (including phenoxy) is 2. The largest absolute Gasteiger partial charge is 0.486 e. The second-order valence-corrected chi connectivity index (χ2v) is 5.89. The van der Waals surface area contributed by atoms with Crippen LogP contribution in [-0.4, -0.2) is 28.2 Å². The maximum Gasteiger partial charge on any atom is 0.163 e. The Morgan fingerprint density at radius 2 is 1.69 bits per heavy atom. The monoisotopic (exact) mass is 370 g/mol. The summed E-state index contributed by atoms with van der Waals surface area (Å²) >= 11 is 5.84. The molecule has 0 saturated carbocycles. The van der Waals surface area contributed by atoms with Gasteiger partial charge in [-0.1, -0.05) is 11.6 Å². The van der Waals surface area contributed by atoms with Crippen molar-refractivity contribution in [3.05, 3.63) is 47.9 Å². The van der Waals surface area contributed by atoms with E-state index in [4.69, 9.17) is 26.8 Å². The van der Waals surface area contributed by atoms with E-state index in [9.17, 15) is 0 Å². The third-order valence-electron chi connectivity index (χ3n) is 3.66. The molecule has 8 nitrogen and oxygen atoms in total. The molecule has 1 aliphatic rings. The molecule has 0 radical (unpaired) electrons. The van der Waals surface area contributed by atoms with Crippen molar-refractivity contribution in [2.75, 3.05) is 29.6 Å². The van der Waals surface area contributed by atoms with Crippen LogP contribution in [0.2, 0.25) is 5.02 Å². The number of aromatic nitrogens is 3. The van der Waals surface area contributed by atoms with Crippen LogP contribution < -0.4 is 25.8 Å². The molecule has 0 atom stereocenters. The van der Waals surface area contributed by atoms with Crippen LogP contribution in [0.15, 0.2) is 42.9 Å². The van der Waals surface area contributed by atoms with Gasteiger partial charge in [0.25, 0.3) is 0 Å². The molecule has 0 spiro atoms. The van der Waals surface area contributed by atoms with Gasteiger partial charge in [-0.05, 0) is 24.3 Å². The fraction of sp³-hybridized carbons (Fsp3) is 0.118. The molecule has 4 rings (SSSR count). The molecule has 1 aliphatic heterocycles. The van der Waals surface area contributed by atoms with Crippen molar-refractivity contribution in [1.82, 2.24) is 15.0 Å². The SMILES string of the molecule is Nc1c(Nc2ccc3c(c2)OCCO3)ncnc1Nc1ccc(Cl)cn1. The molecule has 9 heteroatoms. The summed E-state index contributed by atoms with van der Waals surface area (Å²) in [5, 5.41) is 6.76. The molecule has 2 aromatic heterocycles. The van der Waals surface area contributed by atoms with Crippen LogP contribution >= 0.6 is 11.6 Å². The summed E-state index contributed by atoms with van der Waals surface area (Å²) in [7, 11) is 0. The molecule has 0 aliphatic carbocycles. The number of benzene rings is 1. The number of nitrogens with two attached hydrogens (primary N) is 1. The van der Waals surface area contributed by atoms with Crippen molar-refractivity contribution < 1.29 is 9.47 Å². The predicted molar refractivity (Wildman–Crippen MR) is 99.7 cm³/mol. The van der Waals surface area contributed by atoms with Gasteiger partial charge in [-0.15, -0.1) is 0 Å². The Morgan fingerprint density at radius 3 is 2.46 bits per heavy atom. The van der Waals surface area contributed by atoms with Crippen LogP contribution in [0, 0.1) is 0 Å². The number of anilines is 5. The van der Waals surface area contributed by atoms with Crippen LogP contribution in [0.5, 0.6) is 11.5 Å². The fourth-order valence-electron chi connectivity index (χ4n) is 2.42. The van der Waals surface area contributed by atoms with E-state index in [0.717, 1.165) is 5.69 Å². The Hall–Kier alpha value is -3.26. The first kappa shape index (κ1) is 16.2. The van der Waals surface area contributed by atoms with Crippen molar-refractivity contribution in [2.45, 2.75) is 0 Å². The van der Waals surface area contributed by atoms with Crippen LogP contribution in [0.25, 0.3) is 0 Å². The lowest BCUT2D eigenvalue weighted by Gasteiger charge is -2.19. The zero-order valence-electron chi connectivity index (χ0n) is 13.6. The van der Waals surface area contributed by atoms with Crippen molar-refractivity contribution in [3.8, 4) is 11.5 Å². The highest BCUT2D eigenvalue weighted by Crippen LogP contribution is 2.35. The van der Waals surface area contributed by atoms with E-state index in [0.29, 0.717) is 52.9 Å². The molecule has 0 saturated heterocycles. The minimum absolute atomic E-state index is 0.360. The summed E-state index contributed by atoms with van der Waals surface area (Å²) < 4.78 is 11.1. The summed E-state index contributed by atoms with van der Waals surface area (Å²) in [5.41, 5.74) is 7.32. The topological polar surface area (TPSA) is 107 Å². The summed E-state index contributed by atoms with van der Waals surface area (Å²) in [5.74, 6) is 2.87. The van der Waals surface area contributed by atoms with Gasteiger partial charge in [0.05, 0.1) is 5.02 Å². The third-order valence-corrected chi connectivity index (χ3v) is 3.89. The highest BCUT2D eigenvalue weighted by molar-refractivity contribution is 6.30. The Kier molecular flexibility index (Phi) is 4.32. The van der Waals surface area contributed by atoms with Gasteiger partial charge in [-0.25, -0.2) is 15.0 Å². The number of nitrogens with zero attached hydrogens (tertiary/aromatic N) is 3. The van der Waals surface area contributed by atoms with E-state index in [1.54, 1.807) is 12.1 Å². The molecule has 1 aromatic carbocycles. The number of nitrogen functional groups attached to an aromatic ring is 1. The van der Waals surface area contributed by atoms with E-state index in [2.05, 4.69) is 25.6 Å². The maximum absolute atomic E-state index is 6.19. The summed E-state index contributed by atoms with van der Waals surface area (Å²) in [6, 6.07) is 9.00. The van der Waals surface area contributed by atoms with Gasteiger partial charge in [0.2, 0.25) is 0 Å². The van der Waals surface area contributed by atoms with Gasteiger partial charge >= 0.3 is 0 Å². The van der Waals surface area contributed by atoms with Crippen LogP contribution in [0.4, 0.5) is 28.8 Å². The molecular formula is C17H15ClN6O2. The summed E-state index contributed by atoms with van der Waals surface area (Å²) in [6.07, 6.45) is 2.95. The minimum Gasteiger partial charge on any atom is -0.486 e. The van der Waals surface area contributed by atoms with E-state index >= 15 is 0 Å². The van der Waals surface area contributed by atoms with Crippen LogP contribution in [0.1, 0.15) is 0 Å². The molecule has 0 amide bonds. The molecule has 3 aromatic rings. The Bertz CT molecular complexity index is 935. The number of hydrogen-bond acceptors (Lipinski definition) is 8. The first-order chi connectivity index (χ1) is 12.7. The predicted octanol–water partition coefficient (Wildman–Crippen LogP) is 3.37. The number of pyridine rings is 1. The molecule has 26 heavy (non-hydrogen) atoms. The van der Waals surface area contributed by atoms with Crippen molar-refractivity contribution in [2.24, 2.45) is 0 Å². The highest BCUT2D eigenvalue weighted by Gasteiger charge is 2.14. The Balaban J connectivity index is 1.56. The molecule has 0 unspecified atom stereocenters. The number of halogens is 1. The molecule has 4 N–H and O–H groups in total. The number of fused-ring (bicyclic) bond motifs is 1. The molecule has 132 valence electrons. The van der Waals surface area contributed by atoms with Crippen LogP contribution in [-0.2, 0) is 0 Å². The fourth-order valence-corrected chi connectivity index (χ4v) is 2.54. The van der Waals surface area contributed by atoms with Crippen molar-refractivity contribution >= 4 is 40.4 Å².